The Morgan fingerprint density at radius 1 is 1.07 bits per heavy atom. The van der Waals surface area contributed by atoms with Crippen molar-refractivity contribution >= 4 is 5.91 Å². The van der Waals surface area contributed by atoms with Gasteiger partial charge in [0.25, 0.3) is 0 Å². The third-order valence-corrected chi connectivity index (χ3v) is 6.42. The van der Waals surface area contributed by atoms with Crippen molar-refractivity contribution in [2.75, 3.05) is 13.2 Å². The van der Waals surface area contributed by atoms with E-state index in [0.29, 0.717) is 26.0 Å². The van der Waals surface area contributed by atoms with Gasteiger partial charge in [0.1, 0.15) is 0 Å². The van der Waals surface area contributed by atoms with Gasteiger partial charge in [0.2, 0.25) is 5.91 Å². The molecule has 3 heterocycles. The molecule has 3 aliphatic heterocycles. The van der Waals surface area contributed by atoms with Crippen molar-refractivity contribution < 1.29 is 22.7 Å². The summed E-state index contributed by atoms with van der Waals surface area (Å²) in [5.74, 6) is 0.0819. The van der Waals surface area contributed by atoms with E-state index in [1.165, 1.54) is 12.1 Å². The number of carbonyl (C=O) groups is 1. The zero-order valence-electron chi connectivity index (χ0n) is 15.7. The first kappa shape index (κ1) is 18.6. The number of hydrogen-bond acceptors (Lipinski definition) is 3. The number of rotatable bonds is 3. The largest absolute Gasteiger partial charge is 0.416 e. The highest BCUT2D eigenvalue weighted by molar-refractivity contribution is 5.82. The summed E-state index contributed by atoms with van der Waals surface area (Å²) in [6.45, 7) is 1.72. The third kappa shape index (κ3) is 2.95. The first-order chi connectivity index (χ1) is 13.9. The summed E-state index contributed by atoms with van der Waals surface area (Å²) in [6.07, 6.45) is -3.24. The van der Waals surface area contributed by atoms with Gasteiger partial charge in [-0.15, -0.1) is 0 Å². The topological polar surface area (TPSA) is 32.8 Å². The minimum absolute atomic E-state index is 0.0778. The van der Waals surface area contributed by atoms with Crippen molar-refractivity contribution in [1.82, 2.24) is 9.80 Å². The van der Waals surface area contributed by atoms with Crippen molar-refractivity contribution in [3.8, 4) is 0 Å². The summed E-state index contributed by atoms with van der Waals surface area (Å²) in [5, 5.41) is 0. The Labute approximate surface area is 166 Å². The van der Waals surface area contributed by atoms with Crippen molar-refractivity contribution in [3.05, 3.63) is 71.3 Å². The van der Waals surface area contributed by atoms with Gasteiger partial charge in [0, 0.05) is 25.9 Å². The van der Waals surface area contributed by atoms with Crippen LogP contribution in [0.4, 0.5) is 13.2 Å². The lowest BCUT2D eigenvalue weighted by atomic mass is 10.0. The third-order valence-electron chi connectivity index (χ3n) is 6.42. The Balaban J connectivity index is 1.36. The van der Waals surface area contributed by atoms with Crippen LogP contribution in [0.3, 0.4) is 0 Å². The maximum absolute atomic E-state index is 12.9. The molecule has 5 rings (SSSR count). The Hall–Kier alpha value is -2.38. The fourth-order valence-corrected chi connectivity index (χ4v) is 5.07. The molecule has 152 valence electrons. The van der Waals surface area contributed by atoms with Crippen LogP contribution in [0.2, 0.25) is 0 Å². The number of carbonyl (C=O) groups excluding carboxylic acids is 1. The first-order valence-corrected chi connectivity index (χ1v) is 9.80. The van der Waals surface area contributed by atoms with Crippen LogP contribution in [0.25, 0.3) is 0 Å². The zero-order chi connectivity index (χ0) is 20.2. The smallest absolute Gasteiger partial charge is 0.351 e. The average Bonchev–Trinajstić information content (AvgIpc) is 3.32. The maximum Gasteiger partial charge on any atom is 0.416 e. The van der Waals surface area contributed by atoms with Gasteiger partial charge in [-0.25, -0.2) is 0 Å². The van der Waals surface area contributed by atoms with Crippen LogP contribution >= 0.6 is 0 Å². The van der Waals surface area contributed by atoms with Gasteiger partial charge >= 0.3 is 6.18 Å². The number of ether oxygens (including phenoxy) is 1. The molecule has 0 radical (unpaired) electrons. The highest BCUT2D eigenvalue weighted by Gasteiger charge is 2.64. The minimum atomic E-state index is -4.33. The lowest BCUT2D eigenvalue weighted by molar-refractivity contribution is -0.139. The molecule has 3 fully saturated rings. The highest BCUT2D eigenvalue weighted by atomic mass is 19.4. The van der Waals surface area contributed by atoms with Gasteiger partial charge < -0.3 is 9.64 Å². The second-order valence-corrected chi connectivity index (χ2v) is 7.98. The van der Waals surface area contributed by atoms with Gasteiger partial charge in [-0.3, -0.25) is 9.69 Å². The molecule has 3 saturated heterocycles. The summed E-state index contributed by atoms with van der Waals surface area (Å²) in [7, 11) is 0. The molecule has 2 aromatic rings. The second-order valence-electron chi connectivity index (χ2n) is 7.98. The van der Waals surface area contributed by atoms with E-state index < -0.39 is 17.5 Å². The van der Waals surface area contributed by atoms with Crippen molar-refractivity contribution in [1.29, 1.82) is 0 Å². The molecule has 2 aromatic carbocycles. The molecule has 0 saturated carbocycles. The monoisotopic (exact) mass is 402 g/mol. The number of halogens is 3. The predicted molar refractivity (Wildman–Crippen MR) is 99.6 cm³/mol. The first-order valence-electron chi connectivity index (χ1n) is 9.80. The molecule has 0 N–H and O–H groups in total. The normalized spacial score (nSPS) is 29.3. The Bertz CT molecular complexity index is 916. The summed E-state index contributed by atoms with van der Waals surface area (Å²) in [6, 6.07) is 15.0. The van der Waals surface area contributed by atoms with Crippen LogP contribution in [0, 0.1) is 0 Å². The summed E-state index contributed by atoms with van der Waals surface area (Å²) < 4.78 is 44.7. The van der Waals surface area contributed by atoms with E-state index in [1.807, 2.05) is 35.2 Å². The SMILES string of the molecule is O=C1C[C@H]2N(Cc3ccc(C(F)(F)F)cc3)CC[C@]23OC[C@@H](c2ccccc2)N13. The van der Waals surface area contributed by atoms with Crippen molar-refractivity contribution in [2.45, 2.75) is 43.4 Å². The molecule has 29 heavy (non-hydrogen) atoms. The molecule has 1 spiro atoms. The van der Waals surface area contributed by atoms with E-state index in [0.717, 1.165) is 29.8 Å². The molecule has 3 aliphatic rings. The van der Waals surface area contributed by atoms with E-state index >= 15 is 0 Å². The number of benzene rings is 2. The van der Waals surface area contributed by atoms with Crippen molar-refractivity contribution in [2.24, 2.45) is 0 Å². The van der Waals surface area contributed by atoms with Gasteiger partial charge in [-0.05, 0) is 23.3 Å². The van der Waals surface area contributed by atoms with E-state index in [2.05, 4.69) is 4.90 Å². The Morgan fingerprint density at radius 3 is 2.48 bits per heavy atom. The molecule has 4 nitrogen and oxygen atoms in total. The summed E-state index contributed by atoms with van der Waals surface area (Å²) in [4.78, 5) is 17.0. The van der Waals surface area contributed by atoms with Crippen LogP contribution in [0.15, 0.2) is 54.6 Å². The van der Waals surface area contributed by atoms with Crippen LogP contribution in [-0.2, 0) is 22.3 Å². The summed E-state index contributed by atoms with van der Waals surface area (Å²) >= 11 is 0. The van der Waals surface area contributed by atoms with Crippen molar-refractivity contribution in [3.63, 3.8) is 0 Å². The molecule has 7 heteroatoms. The fourth-order valence-electron chi connectivity index (χ4n) is 5.07. The van der Waals surface area contributed by atoms with E-state index in [9.17, 15) is 18.0 Å². The lowest BCUT2D eigenvalue weighted by Gasteiger charge is -2.33. The molecular weight excluding hydrogens is 381 g/mol. The number of amides is 1. The number of alkyl halides is 3. The number of hydrogen-bond donors (Lipinski definition) is 0. The van der Waals surface area contributed by atoms with Gasteiger partial charge in [0.05, 0.1) is 24.3 Å². The number of nitrogens with zero attached hydrogens (tertiary/aromatic N) is 2. The van der Waals surface area contributed by atoms with Gasteiger partial charge in [-0.1, -0.05) is 42.5 Å². The standard InChI is InChI=1S/C22H21F3N2O2/c23-22(24,25)17-8-6-15(7-9-17)13-26-11-10-21-19(26)12-20(28)27(21)18(14-29-21)16-4-2-1-3-5-16/h1-9,18-19H,10-14H2/t18-,19+,21-/m0/s1. The van der Waals surface area contributed by atoms with Crippen LogP contribution in [-0.4, -0.2) is 40.6 Å². The quantitative estimate of drug-likeness (QED) is 0.779. The number of likely N-dealkylation sites (tertiary alicyclic amines) is 1. The van der Waals surface area contributed by atoms with E-state index in [4.69, 9.17) is 4.74 Å². The molecule has 0 bridgehead atoms. The fraction of sp³-hybridized carbons (Fsp3) is 0.409. The Kier molecular flexibility index (Phi) is 4.22. The second kappa shape index (κ2) is 6.57. The summed E-state index contributed by atoms with van der Waals surface area (Å²) in [5.41, 5.74) is 0.605. The Morgan fingerprint density at radius 2 is 1.79 bits per heavy atom. The molecule has 0 aliphatic carbocycles. The molecule has 1 amide bonds. The molecule has 0 unspecified atom stereocenters. The van der Waals surface area contributed by atoms with Crippen LogP contribution in [0.5, 0.6) is 0 Å². The van der Waals surface area contributed by atoms with Crippen LogP contribution < -0.4 is 0 Å². The molecular formula is C22H21F3N2O2. The zero-order valence-corrected chi connectivity index (χ0v) is 15.7. The predicted octanol–water partition coefficient (Wildman–Crippen LogP) is 3.98. The lowest BCUT2D eigenvalue weighted by Crippen LogP contribution is -2.48. The minimum Gasteiger partial charge on any atom is -0.351 e. The highest BCUT2D eigenvalue weighted by Crippen LogP contribution is 2.51. The molecule has 0 aromatic heterocycles. The van der Waals surface area contributed by atoms with Crippen LogP contribution in [0.1, 0.15) is 35.6 Å². The van der Waals surface area contributed by atoms with Gasteiger partial charge in [0.15, 0.2) is 5.72 Å². The maximum atomic E-state index is 12.9. The van der Waals surface area contributed by atoms with E-state index in [-0.39, 0.29) is 18.0 Å². The molecule has 3 atom stereocenters. The van der Waals surface area contributed by atoms with Gasteiger partial charge in [-0.2, -0.15) is 13.2 Å². The average molecular weight is 402 g/mol. The van der Waals surface area contributed by atoms with E-state index in [1.54, 1.807) is 0 Å².